The van der Waals surface area contributed by atoms with Gasteiger partial charge in [0.1, 0.15) is 11.4 Å². The zero-order valence-corrected chi connectivity index (χ0v) is 17.5. The van der Waals surface area contributed by atoms with E-state index in [4.69, 9.17) is 4.74 Å². The van der Waals surface area contributed by atoms with Gasteiger partial charge in [-0.25, -0.2) is 0 Å². The Labute approximate surface area is 177 Å². The Balaban J connectivity index is 1.34. The van der Waals surface area contributed by atoms with Gasteiger partial charge in [-0.1, -0.05) is 25.0 Å². The number of carbonyl (C=O) groups excluding carboxylic acids is 2. The van der Waals surface area contributed by atoms with Gasteiger partial charge in [0.2, 0.25) is 5.91 Å². The molecule has 1 aliphatic carbocycles. The highest BCUT2D eigenvalue weighted by Crippen LogP contribution is 2.27. The fourth-order valence-corrected chi connectivity index (χ4v) is 4.48. The molecule has 1 saturated heterocycles. The summed E-state index contributed by atoms with van der Waals surface area (Å²) in [6, 6.07) is 9.75. The van der Waals surface area contributed by atoms with Crippen molar-refractivity contribution in [2.24, 2.45) is 0 Å². The number of ether oxygens (including phenoxy) is 1. The van der Waals surface area contributed by atoms with Gasteiger partial charge in [0.05, 0.1) is 13.5 Å². The van der Waals surface area contributed by atoms with Crippen molar-refractivity contribution >= 4 is 11.8 Å². The van der Waals surface area contributed by atoms with Crippen LogP contribution >= 0.6 is 0 Å². The Morgan fingerprint density at radius 3 is 2.67 bits per heavy atom. The van der Waals surface area contributed by atoms with E-state index < -0.39 is 0 Å². The molecule has 0 spiro atoms. The molecule has 2 N–H and O–H groups in total. The van der Waals surface area contributed by atoms with Crippen molar-refractivity contribution in [2.45, 2.75) is 56.9 Å². The van der Waals surface area contributed by atoms with Crippen LogP contribution in [0.25, 0.3) is 0 Å². The summed E-state index contributed by atoms with van der Waals surface area (Å²) in [6.07, 6.45) is 6.78. The average Bonchev–Trinajstić information content (AvgIpc) is 3.47. The maximum atomic E-state index is 12.8. The summed E-state index contributed by atoms with van der Waals surface area (Å²) in [4.78, 5) is 27.2. The topological polar surface area (TPSA) is 87.3 Å². The molecular formula is C23H30N4O3. The summed E-state index contributed by atoms with van der Waals surface area (Å²) in [5, 5.41) is 10.4. The third-order valence-corrected chi connectivity index (χ3v) is 6.25. The van der Waals surface area contributed by atoms with Crippen LogP contribution in [0.5, 0.6) is 5.75 Å². The van der Waals surface area contributed by atoms with E-state index in [-0.39, 0.29) is 23.8 Å². The maximum Gasteiger partial charge on any atom is 0.271 e. The van der Waals surface area contributed by atoms with Crippen LogP contribution < -0.4 is 10.1 Å². The monoisotopic (exact) mass is 410 g/mol. The number of nitrogens with one attached hydrogen (secondary N) is 2. The van der Waals surface area contributed by atoms with Gasteiger partial charge in [-0.05, 0) is 49.4 Å². The van der Waals surface area contributed by atoms with E-state index in [2.05, 4.69) is 15.5 Å². The quantitative estimate of drug-likeness (QED) is 0.766. The molecule has 0 radical (unpaired) electrons. The van der Waals surface area contributed by atoms with Gasteiger partial charge in [0, 0.05) is 30.7 Å². The number of carbonyl (C=O) groups is 2. The van der Waals surface area contributed by atoms with Gasteiger partial charge in [0.15, 0.2) is 0 Å². The average molecular weight is 411 g/mol. The standard InChI is InChI=1S/C23H30N4O3/c1-30-19-10-8-16(9-11-19)13-22(28)27-12-4-5-17(15-27)20-14-21(26-25-20)23(29)24-18-6-2-3-7-18/h8-11,14,17-18H,2-7,12-13,15H2,1H3,(H,24,29)(H,25,26). The Bertz CT molecular complexity index is 871. The summed E-state index contributed by atoms with van der Waals surface area (Å²) in [7, 11) is 1.63. The van der Waals surface area contributed by atoms with Crippen molar-refractivity contribution in [3.05, 3.63) is 47.3 Å². The summed E-state index contributed by atoms with van der Waals surface area (Å²) >= 11 is 0. The molecule has 1 aliphatic heterocycles. The van der Waals surface area contributed by atoms with Crippen LogP contribution in [0.4, 0.5) is 0 Å². The summed E-state index contributed by atoms with van der Waals surface area (Å²) in [6.45, 7) is 1.43. The second kappa shape index (κ2) is 9.32. The fraction of sp³-hybridized carbons (Fsp3) is 0.522. The van der Waals surface area contributed by atoms with E-state index in [0.29, 0.717) is 18.7 Å². The van der Waals surface area contributed by atoms with Crippen LogP contribution in [0, 0.1) is 0 Å². The minimum absolute atomic E-state index is 0.104. The number of hydrogen-bond donors (Lipinski definition) is 2. The lowest BCUT2D eigenvalue weighted by Gasteiger charge is -2.32. The number of methoxy groups -OCH3 is 1. The van der Waals surface area contributed by atoms with Gasteiger partial charge in [-0.2, -0.15) is 5.10 Å². The van der Waals surface area contributed by atoms with Gasteiger partial charge in [-0.3, -0.25) is 14.7 Å². The Morgan fingerprint density at radius 2 is 1.93 bits per heavy atom. The predicted molar refractivity (Wildman–Crippen MR) is 114 cm³/mol. The first-order chi connectivity index (χ1) is 14.6. The van der Waals surface area contributed by atoms with Crippen molar-refractivity contribution < 1.29 is 14.3 Å². The van der Waals surface area contributed by atoms with Crippen molar-refractivity contribution in [1.82, 2.24) is 20.4 Å². The molecule has 2 aliphatic rings. The minimum Gasteiger partial charge on any atom is -0.497 e. The second-order valence-electron chi connectivity index (χ2n) is 8.37. The molecule has 1 atom stereocenters. The van der Waals surface area contributed by atoms with Crippen LogP contribution in [-0.2, 0) is 11.2 Å². The molecular weight excluding hydrogens is 380 g/mol. The van der Waals surface area contributed by atoms with Crippen LogP contribution in [0.15, 0.2) is 30.3 Å². The van der Waals surface area contributed by atoms with E-state index in [9.17, 15) is 9.59 Å². The number of aromatic amines is 1. The molecule has 1 unspecified atom stereocenters. The molecule has 30 heavy (non-hydrogen) atoms. The minimum atomic E-state index is -0.104. The number of likely N-dealkylation sites (tertiary alicyclic amines) is 1. The molecule has 2 aromatic rings. The number of hydrogen-bond acceptors (Lipinski definition) is 4. The number of piperidine rings is 1. The summed E-state index contributed by atoms with van der Waals surface area (Å²) in [5.41, 5.74) is 2.36. The predicted octanol–water partition coefficient (Wildman–Crippen LogP) is 3.04. The fourth-order valence-electron chi connectivity index (χ4n) is 4.48. The number of rotatable bonds is 6. The van der Waals surface area contributed by atoms with Crippen LogP contribution in [0.1, 0.15) is 66.2 Å². The van der Waals surface area contributed by atoms with E-state index in [1.54, 1.807) is 7.11 Å². The zero-order valence-electron chi connectivity index (χ0n) is 17.5. The molecule has 0 bridgehead atoms. The highest BCUT2D eigenvalue weighted by molar-refractivity contribution is 5.92. The molecule has 7 heteroatoms. The van der Waals surface area contributed by atoms with Crippen molar-refractivity contribution in [3.8, 4) is 5.75 Å². The highest BCUT2D eigenvalue weighted by atomic mass is 16.5. The third-order valence-electron chi connectivity index (χ3n) is 6.25. The first-order valence-corrected chi connectivity index (χ1v) is 10.9. The Hall–Kier alpha value is -2.83. The molecule has 7 nitrogen and oxygen atoms in total. The van der Waals surface area contributed by atoms with Crippen LogP contribution in [-0.4, -0.2) is 53.2 Å². The smallest absolute Gasteiger partial charge is 0.271 e. The van der Waals surface area contributed by atoms with E-state index in [1.807, 2.05) is 35.2 Å². The number of H-pyrrole nitrogens is 1. The lowest BCUT2D eigenvalue weighted by Crippen LogP contribution is -2.40. The largest absolute Gasteiger partial charge is 0.497 e. The SMILES string of the molecule is COc1ccc(CC(=O)N2CCCC(c3cc(C(=O)NC4CCCC4)n[nH]3)C2)cc1. The molecule has 4 rings (SSSR count). The highest BCUT2D eigenvalue weighted by Gasteiger charge is 2.27. The number of benzene rings is 1. The lowest BCUT2D eigenvalue weighted by molar-refractivity contribution is -0.131. The van der Waals surface area contributed by atoms with E-state index in [1.165, 1.54) is 12.8 Å². The van der Waals surface area contributed by atoms with Crippen molar-refractivity contribution in [2.75, 3.05) is 20.2 Å². The molecule has 1 aromatic carbocycles. The van der Waals surface area contributed by atoms with Crippen molar-refractivity contribution in [1.29, 1.82) is 0 Å². The van der Waals surface area contributed by atoms with Crippen LogP contribution in [0.2, 0.25) is 0 Å². The molecule has 1 saturated carbocycles. The molecule has 1 aromatic heterocycles. The zero-order chi connectivity index (χ0) is 20.9. The molecule has 160 valence electrons. The van der Waals surface area contributed by atoms with E-state index >= 15 is 0 Å². The van der Waals surface area contributed by atoms with Gasteiger partial charge < -0.3 is 15.0 Å². The summed E-state index contributed by atoms with van der Waals surface area (Å²) < 4.78 is 5.18. The van der Waals surface area contributed by atoms with Gasteiger partial charge >= 0.3 is 0 Å². The molecule has 2 fully saturated rings. The first-order valence-electron chi connectivity index (χ1n) is 10.9. The Morgan fingerprint density at radius 1 is 1.17 bits per heavy atom. The maximum absolute atomic E-state index is 12.8. The van der Waals surface area contributed by atoms with Crippen molar-refractivity contribution in [3.63, 3.8) is 0 Å². The number of nitrogens with zero attached hydrogens (tertiary/aromatic N) is 2. The number of amides is 2. The normalized spacial score (nSPS) is 19.6. The van der Waals surface area contributed by atoms with E-state index in [0.717, 1.165) is 49.2 Å². The second-order valence-corrected chi connectivity index (χ2v) is 8.37. The number of aromatic nitrogens is 2. The van der Waals surface area contributed by atoms with Gasteiger partial charge in [0.25, 0.3) is 5.91 Å². The Kier molecular flexibility index (Phi) is 6.35. The third kappa shape index (κ3) is 4.83. The first kappa shape index (κ1) is 20.4. The van der Waals surface area contributed by atoms with Gasteiger partial charge in [-0.15, -0.1) is 0 Å². The summed E-state index contributed by atoms with van der Waals surface area (Å²) in [5.74, 6) is 0.992. The molecule has 2 heterocycles. The lowest BCUT2D eigenvalue weighted by atomic mass is 9.94. The molecule has 2 amide bonds. The van der Waals surface area contributed by atoms with Crippen LogP contribution in [0.3, 0.4) is 0 Å².